The van der Waals surface area contributed by atoms with E-state index in [-0.39, 0.29) is 5.56 Å². The second-order valence-corrected chi connectivity index (χ2v) is 4.16. The number of anilines is 1. The van der Waals surface area contributed by atoms with Crippen LogP contribution in [0.1, 0.15) is 10.4 Å². The molecule has 2 aromatic rings. The smallest absolute Gasteiger partial charge is 0.258 e. The van der Waals surface area contributed by atoms with Crippen molar-refractivity contribution in [1.29, 1.82) is 0 Å². The quantitative estimate of drug-likeness (QED) is 0.830. The Balaban J connectivity index is 1.97. The highest BCUT2D eigenvalue weighted by Gasteiger charge is 2.11. The molecule has 0 bridgehead atoms. The van der Waals surface area contributed by atoms with Gasteiger partial charge in [-0.25, -0.2) is 9.37 Å². The van der Waals surface area contributed by atoms with Crippen molar-refractivity contribution in [2.24, 2.45) is 0 Å². The standard InChI is InChI=1S/C15H15FN2O3/c1-20-8-9-21-14-7-6-11(10-17-14)18-15(19)12-4-2-3-5-13(12)16/h2-7,10H,8-9H2,1H3,(H,18,19). The van der Waals surface area contributed by atoms with Crippen LogP contribution in [0.5, 0.6) is 5.88 Å². The summed E-state index contributed by atoms with van der Waals surface area (Å²) in [5.74, 6) is -0.665. The normalized spacial score (nSPS) is 10.2. The van der Waals surface area contributed by atoms with Crippen molar-refractivity contribution in [2.75, 3.05) is 25.6 Å². The van der Waals surface area contributed by atoms with Crippen LogP contribution in [0.2, 0.25) is 0 Å². The summed E-state index contributed by atoms with van der Waals surface area (Å²) in [5, 5.41) is 2.57. The van der Waals surface area contributed by atoms with Gasteiger partial charge in [-0.2, -0.15) is 0 Å². The number of hydrogen-bond acceptors (Lipinski definition) is 4. The third-order valence-electron chi connectivity index (χ3n) is 2.65. The Morgan fingerprint density at radius 2 is 2.05 bits per heavy atom. The van der Waals surface area contributed by atoms with E-state index in [1.807, 2.05) is 0 Å². The summed E-state index contributed by atoms with van der Waals surface area (Å²) >= 11 is 0. The molecule has 1 amide bonds. The van der Waals surface area contributed by atoms with E-state index in [9.17, 15) is 9.18 Å². The zero-order chi connectivity index (χ0) is 15.1. The molecular weight excluding hydrogens is 275 g/mol. The van der Waals surface area contributed by atoms with Crippen molar-refractivity contribution in [2.45, 2.75) is 0 Å². The maximum absolute atomic E-state index is 13.5. The van der Waals surface area contributed by atoms with Gasteiger partial charge in [0.05, 0.1) is 24.1 Å². The first kappa shape index (κ1) is 14.9. The van der Waals surface area contributed by atoms with Gasteiger partial charge in [0.2, 0.25) is 5.88 Å². The molecule has 2 rings (SSSR count). The highest BCUT2D eigenvalue weighted by atomic mass is 19.1. The second kappa shape index (κ2) is 7.35. The average Bonchev–Trinajstić information content (AvgIpc) is 2.49. The van der Waals surface area contributed by atoms with Crippen molar-refractivity contribution in [3.05, 3.63) is 54.0 Å². The van der Waals surface area contributed by atoms with E-state index in [0.717, 1.165) is 0 Å². The van der Waals surface area contributed by atoms with Crippen LogP contribution in [0.3, 0.4) is 0 Å². The molecule has 0 radical (unpaired) electrons. The van der Waals surface area contributed by atoms with Gasteiger partial charge in [0, 0.05) is 13.2 Å². The zero-order valence-electron chi connectivity index (χ0n) is 11.5. The number of amides is 1. The number of nitrogens with one attached hydrogen (secondary N) is 1. The first-order valence-electron chi connectivity index (χ1n) is 6.34. The summed E-state index contributed by atoms with van der Waals surface area (Å²) in [6.07, 6.45) is 1.45. The topological polar surface area (TPSA) is 60.5 Å². The molecule has 0 saturated carbocycles. The number of ether oxygens (including phenoxy) is 2. The Kier molecular flexibility index (Phi) is 5.22. The van der Waals surface area contributed by atoms with Crippen molar-refractivity contribution in [3.8, 4) is 5.88 Å². The number of carbonyl (C=O) groups is 1. The van der Waals surface area contributed by atoms with Crippen LogP contribution >= 0.6 is 0 Å². The summed E-state index contributed by atoms with van der Waals surface area (Å²) in [4.78, 5) is 15.9. The van der Waals surface area contributed by atoms with Crippen LogP contribution in [0.25, 0.3) is 0 Å². The molecule has 0 aliphatic carbocycles. The van der Waals surface area contributed by atoms with Crippen LogP contribution in [-0.4, -0.2) is 31.2 Å². The molecule has 1 aromatic heterocycles. The highest BCUT2D eigenvalue weighted by molar-refractivity contribution is 6.04. The van der Waals surface area contributed by atoms with Gasteiger partial charge >= 0.3 is 0 Å². The fourth-order valence-corrected chi connectivity index (χ4v) is 1.61. The summed E-state index contributed by atoms with van der Waals surface area (Å²) < 4.78 is 23.6. The van der Waals surface area contributed by atoms with E-state index in [1.165, 1.54) is 24.4 Å². The predicted molar refractivity (Wildman–Crippen MR) is 76.0 cm³/mol. The number of rotatable bonds is 6. The molecule has 6 heteroatoms. The van der Waals surface area contributed by atoms with Gasteiger partial charge in [0.1, 0.15) is 12.4 Å². The number of halogens is 1. The molecule has 0 aliphatic heterocycles. The highest BCUT2D eigenvalue weighted by Crippen LogP contribution is 2.14. The number of nitrogens with zero attached hydrogens (tertiary/aromatic N) is 1. The van der Waals surface area contributed by atoms with Gasteiger partial charge in [0.25, 0.3) is 5.91 Å². The van der Waals surface area contributed by atoms with Crippen LogP contribution in [0.15, 0.2) is 42.6 Å². The fraction of sp³-hybridized carbons (Fsp3) is 0.200. The number of carbonyl (C=O) groups excluding carboxylic acids is 1. The molecule has 5 nitrogen and oxygen atoms in total. The molecule has 21 heavy (non-hydrogen) atoms. The van der Waals surface area contributed by atoms with E-state index in [2.05, 4.69) is 10.3 Å². The maximum atomic E-state index is 13.5. The first-order chi connectivity index (χ1) is 10.2. The van der Waals surface area contributed by atoms with Crippen LogP contribution < -0.4 is 10.1 Å². The van der Waals surface area contributed by atoms with Gasteiger partial charge in [0.15, 0.2) is 0 Å². The SMILES string of the molecule is COCCOc1ccc(NC(=O)c2ccccc2F)cn1. The largest absolute Gasteiger partial charge is 0.475 e. The molecule has 110 valence electrons. The second-order valence-electron chi connectivity index (χ2n) is 4.16. The van der Waals surface area contributed by atoms with E-state index in [4.69, 9.17) is 9.47 Å². The van der Waals surface area contributed by atoms with Crippen molar-refractivity contribution in [1.82, 2.24) is 4.98 Å². The van der Waals surface area contributed by atoms with Crippen molar-refractivity contribution in [3.63, 3.8) is 0 Å². The summed E-state index contributed by atoms with van der Waals surface area (Å²) in [6, 6.07) is 9.03. The average molecular weight is 290 g/mol. The summed E-state index contributed by atoms with van der Waals surface area (Å²) in [5.41, 5.74) is 0.445. The Labute approximate surface area is 121 Å². The fourth-order valence-electron chi connectivity index (χ4n) is 1.61. The lowest BCUT2D eigenvalue weighted by molar-refractivity contribution is 0.102. The number of methoxy groups -OCH3 is 1. The Morgan fingerprint density at radius 3 is 2.71 bits per heavy atom. The molecule has 0 fully saturated rings. The maximum Gasteiger partial charge on any atom is 0.258 e. The minimum atomic E-state index is -0.567. The van der Waals surface area contributed by atoms with Gasteiger partial charge in [-0.3, -0.25) is 4.79 Å². The lowest BCUT2D eigenvalue weighted by Crippen LogP contribution is -2.13. The summed E-state index contributed by atoms with van der Waals surface area (Å²) in [7, 11) is 1.58. The van der Waals surface area contributed by atoms with Crippen LogP contribution in [0.4, 0.5) is 10.1 Å². The van der Waals surface area contributed by atoms with Crippen molar-refractivity contribution >= 4 is 11.6 Å². The first-order valence-corrected chi connectivity index (χ1v) is 6.34. The Morgan fingerprint density at radius 1 is 1.24 bits per heavy atom. The van der Waals surface area contributed by atoms with E-state index < -0.39 is 11.7 Å². The monoisotopic (exact) mass is 290 g/mol. The Hall–Kier alpha value is -2.47. The van der Waals surface area contributed by atoms with E-state index in [0.29, 0.717) is 24.8 Å². The van der Waals surface area contributed by atoms with E-state index >= 15 is 0 Å². The molecule has 0 saturated heterocycles. The zero-order valence-corrected chi connectivity index (χ0v) is 11.5. The van der Waals surface area contributed by atoms with Crippen LogP contribution in [-0.2, 0) is 4.74 Å². The van der Waals surface area contributed by atoms with E-state index in [1.54, 1.807) is 25.3 Å². The lowest BCUT2D eigenvalue weighted by atomic mass is 10.2. The molecule has 0 spiro atoms. The van der Waals surface area contributed by atoms with Gasteiger partial charge in [-0.15, -0.1) is 0 Å². The number of hydrogen-bond donors (Lipinski definition) is 1. The molecule has 0 unspecified atom stereocenters. The third-order valence-corrected chi connectivity index (χ3v) is 2.65. The van der Waals surface area contributed by atoms with Crippen molar-refractivity contribution < 1.29 is 18.7 Å². The predicted octanol–water partition coefficient (Wildman–Crippen LogP) is 2.50. The minimum Gasteiger partial charge on any atom is -0.475 e. The van der Waals surface area contributed by atoms with Gasteiger partial charge < -0.3 is 14.8 Å². The van der Waals surface area contributed by atoms with Crippen LogP contribution in [0, 0.1) is 5.82 Å². The molecule has 1 N–H and O–H groups in total. The molecular formula is C15H15FN2O3. The third kappa shape index (κ3) is 4.25. The lowest BCUT2D eigenvalue weighted by Gasteiger charge is -2.07. The summed E-state index contributed by atoms with van der Waals surface area (Å²) in [6.45, 7) is 0.859. The molecule has 1 aromatic carbocycles. The molecule has 0 atom stereocenters. The number of pyridine rings is 1. The number of aromatic nitrogens is 1. The molecule has 0 aliphatic rings. The molecule has 1 heterocycles. The minimum absolute atomic E-state index is 0.0158. The number of benzene rings is 1. The van der Waals surface area contributed by atoms with Gasteiger partial charge in [-0.05, 0) is 18.2 Å². The van der Waals surface area contributed by atoms with Gasteiger partial charge in [-0.1, -0.05) is 12.1 Å². The Bertz CT molecular complexity index is 602.